The molecule has 4 heteroatoms. The van der Waals surface area contributed by atoms with Crippen LogP contribution in [0.5, 0.6) is 0 Å². The van der Waals surface area contributed by atoms with E-state index >= 15 is 0 Å². The molecule has 0 saturated carbocycles. The van der Waals surface area contributed by atoms with E-state index in [0.717, 1.165) is 12.8 Å². The zero-order valence-electron chi connectivity index (χ0n) is 11.0. The van der Waals surface area contributed by atoms with Gasteiger partial charge in [-0.2, -0.15) is 0 Å². The number of nitrogen functional groups attached to an aromatic ring is 1. The largest absolute Gasteiger partial charge is 0.398 e. The Morgan fingerprint density at radius 3 is 2.78 bits per heavy atom. The molecule has 0 aliphatic carbocycles. The van der Waals surface area contributed by atoms with Crippen LogP contribution in [0, 0.1) is 0 Å². The molecule has 0 aliphatic heterocycles. The highest BCUT2D eigenvalue weighted by Gasteiger charge is 2.15. The van der Waals surface area contributed by atoms with E-state index in [0.29, 0.717) is 16.3 Å². The van der Waals surface area contributed by atoms with Crippen molar-refractivity contribution in [1.82, 2.24) is 5.32 Å². The van der Waals surface area contributed by atoms with Crippen LogP contribution in [0.1, 0.15) is 49.9 Å². The van der Waals surface area contributed by atoms with Crippen LogP contribution in [0.15, 0.2) is 18.2 Å². The molecule has 0 radical (unpaired) electrons. The molecule has 0 bridgehead atoms. The minimum absolute atomic E-state index is 0.139. The SMILES string of the molecule is CCCCCC(C)NC(=O)c1c(N)cccc1Cl. The second-order valence-electron chi connectivity index (χ2n) is 4.57. The van der Waals surface area contributed by atoms with Crippen molar-refractivity contribution >= 4 is 23.2 Å². The Hall–Kier alpha value is -1.22. The third kappa shape index (κ3) is 4.22. The van der Waals surface area contributed by atoms with Gasteiger partial charge in [0, 0.05) is 11.7 Å². The molecule has 1 aromatic carbocycles. The molecule has 1 aromatic rings. The fourth-order valence-electron chi connectivity index (χ4n) is 1.85. The molecule has 0 fully saturated rings. The quantitative estimate of drug-likeness (QED) is 0.612. The molecule has 1 unspecified atom stereocenters. The molecule has 3 N–H and O–H groups in total. The number of anilines is 1. The first-order chi connectivity index (χ1) is 8.56. The van der Waals surface area contributed by atoms with Crippen LogP contribution in [0.2, 0.25) is 5.02 Å². The van der Waals surface area contributed by atoms with Gasteiger partial charge in [0.1, 0.15) is 0 Å². The number of benzene rings is 1. The molecular formula is C14H21ClN2O. The normalized spacial score (nSPS) is 12.2. The van der Waals surface area contributed by atoms with Crippen molar-refractivity contribution < 1.29 is 4.79 Å². The van der Waals surface area contributed by atoms with E-state index in [1.807, 2.05) is 6.92 Å². The van der Waals surface area contributed by atoms with Gasteiger partial charge in [-0.3, -0.25) is 4.79 Å². The Labute approximate surface area is 114 Å². The highest BCUT2D eigenvalue weighted by molar-refractivity contribution is 6.34. The number of rotatable bonds is 6. The van der Waals surface area contributed by atoms with Crippen LogP contribution in [-0.2, 0) is 0 Å². The van der Waals surface area contributed by atoms with Crippen LogP contribution in [0.25, 0.3) is 0 Å². The molecule has 1 amide bonds. The van der Waals surface area contributed by atoms with Gasteiger partial charge >= 0.3 is 0 Å². The lowest BCUT2D eigenvalue weighted by Gasteiger charge is -2.15. The lowest BCUT2D eigenvalue weighted by atomic mass is 10.1. The Morgan fingerprint density at radius 2 is 2.17 bits per heavy atom. The predicted molar refractivity (Wildman–Crippen MR) is 76.9 cm³/mol. The van der Waals surface area contributed by atoms with Gasteiger partial charge in [-0.1, -0.05) is 43.9 Å². The van der Waals surface area contributed by atoms with Crippen LogP contribution in [-0.4, -0.2) is 11.9 Å². The molecule has 1 atom stereocenters. The van der Waals surface area contributed by atoms with Gasteiger partial charge < -0.3 is 11.1 Å². The van der Waals surface area contributed by atoms with Crippen molar-refractivity contribution in [3.05, 3.63) is 28.8 Å². The molecule has 0 spiro atoms. The molecule has 18 heavy (non-hydrogen) atoms. The maximum absolute atomic E-state index is 12.1. The third-order valence-corrected chi connectivity index (χ3v) is 3.21. The van der Waals surface area contributed by atoms with E-state index in [2.05, 4.69) is 12.2 Å². The molecule has 0 heterocycles. The highest BCUT2D eigenvalue weighted by Crippen LogP contribution is 2.21. The molecule has 0 saturated heterocycles. The van der Waals surface area contributed by atoms with E-state index in [1.165, 1.54) is 12.8 Å². The molecule has 0 aliphatic rings. The summed E-state index contributed by atoms with van der Waals surface area (Å²) in [5, 5.41) is 3.33. The van der Waals surface area contributed by atoms with E-state index in [-0.39, 0.29) is 11.9 Å². The summed E-state index contributed by atoms with van der Waals surface area (Å²) in [5.74, 6) is -0.193. The number of nitrogens with one attached hydrogen (secondary N) is 1. The zero-order valence-corrected chi connectivity index (χ0v) is 11.8. The summed E-state index contributed by atoms with van der Waals surface area (Å²) in [6, 6.07) is 5.23. The van der Waals surface area contributed by atoms with Gasteiger partial charge in [-0.05, 0) is 25.5 Å². The van der Waals surface area contributed by atoms with Crippen molar-refractivity contribution in [2.24, 2.45) is 0 Å². The van der Waals surface area contributed by atoms with Gasteiger partial charge in [0.2, 0.25) is 0 Å². The average molecular weight is 269 g/mol. The van der Waals surface area contributed by atoms with Gasteiger partial charge in [-0.15, -0.1) is 0 Å². The smallest absolute Gasteiger partial charge is 0.255 e. The van der Waals surface area contributed by atoms with Crippen LogP contribution >= 0.6 is 11.6 Å². The number of carbonyl (C=O) groups excluding carboxylic acids is 1. The first-order valence-corrected chi connectivity index (χ1v) is 6.79. The molecule has 100 valence electrons. The topological polar surface area (TPSA) is 55.1 Å². The number of carbonyl (C=O) groups is 1. The molecule has 3 nitrogen and oxygen atoms in total. The van der Waals surface area contributed by atoms with Gasteiger partial charge in [0.05, 0.1) is 10.6 Å². The highest BCUT2D eigenvalue weighted by atomic mass is 35.5. The fourth-order valence-corrected chi connectivity index (χ4v) is 2.12. The maximum atomic E-state index is 12.1. The van der Waals surface area contributed by atoms with E-state index in [9.17, 15) is 4.79 Å². The van der Waals surface area contributed by atoms with Crippen molar-refractivity contribution in [2.75, 3.05) is 5.73 Å². The first kappa shape index (κ1) is 14.8. The number of nitrogens with two attached hydrogens (primary N) is 1. The second kappa shape index (κ2) is 7.27. The molecule has 1 rings (SSSR count). The average Bonchev–Trinajstić information content (AvgIpc) is 2.29. The van der Waals surface area contributed by atoms with Gasteiger partial charge in [-0.25, -0.2) is 0 Å². The summed E-state index contributed by atoms with van der Waals surface area (Å²) in [6.07, 6.45) is 4.46. The van der Waals surface area contributed by atoms with Crippen molar-refractivity contribution in [3.63, 3.8) is 0 Å². The third-order valence-electron chi connectivity index (χ3n) is 2.89. The number of unbranched alkanes of at least 4 members (excludes halogenated alkanes) is 2. The molecule has 0 aromatic heterocycles. The predicted octanol–water partition coefficient (Wildman–Crippen LogP) is 3.62. The summed E-state index contributed by atoms with van der Waals surface area (Å²) >= 11 is 5.99. The minimum Gasteiger partial charge on any atom is -0.398 e. The number of hydrogen-bond acceptors (Lipinski definition) is 2. The van der Waals surface area contributed by atoms with Gasteiger partial charge in [0.15, 0.2) is 0 Å². The van der Waals surface area contributed by atoms with Crippen molar-refractivity contribution in [2.45, 2.75) is 45.6 Å². The van der Waals surface area contributed by atoms with Crippen LogP contribution in [0.3, 0.4) is 0 Å². The summed E-state index contributed by atoms with van der Waals surface area (Å²) in [6.45, 7) is 4.16. The lowest BCUT2D eigenvalue weighted by Crippen LogP contribution is -2.33. The van der Waals surface area contributed by atoms with E-state index < -0.39 is 0 Å². The van der Waals surface area contributed by atoms with Crippen LogP contribution < -0.4 is 11.1 Å². The summed E-state index contributed by atoms with van der Waals surface area (Å²) < 4.78 is 0. The Kier molecular flexibility index (Phi) is 5.99. The standard InChI is InChI=1S/C14H21ClN2O/c1-3-4-5-7-10(2)17-14(18)13-11(15)8-6-9-12(13)16/h6,8-10H,3-5,7,16H2,1-2H3,(H,17,18). The Morgan fingerprint density at radius 1 is 1.44 bits per heavy atom. The van der Waals surface area contributed by atoms with Gasteiger partial charge in [0.25, 0.3) is 5.91 Å². The summed E-state index contributed by atoms with van der Waals surface area (Å²) in [4.78, 5) is 12.1. The number of halogens is 1. The molecular weight excluding hydrogens is 248 g/mol. The number of hydrogen-bond donors (Lipinski definition) is 2. The minimum atomic E-state index is -0.193. The zero-order chi connectivity index (χ0) is 13.5. The lowest BCUT2D eigenvalue weighted by molar-refractivity contribution is 0.0939. The first-order valence-electron chi connectivity index (χ1n) is 6.41. The summed E-state index contributed by atoms with van der Waals surface area (Å²) in [5.41, 5.74) is 6.57. The maximum Gasteiger partial charge on any atom is 0.255 e. The fraction of sp³-hybridized carbons (Fsp3) is 0.500. The Balaban J connectivity index is 2.60. The van der Waals surface area contributed by atoms with Crippen LogP contribution in [0.4, 0.5) is 5.69 Å². The van der Waals surface area contributed by atoms with E-state index in [4.69, 9.17) is 17.3 Å². The Bertz CT molecular complexity index is 387. The monoisotopic (exact) mass is 268 g/mol. The van der Waals surface area contributed by atoms with Crippen molar-refractivity contribution in [1.29, 1.82) is 0 Å². The second-order valence-corrected chi connectivity index (χ2v) is 4.98. The summed E-state index contributed by atoms with van der Waals surface area (Å²) in [7, 11) is 0. The van der Waals surface area contributed by atoms with Crippen molar-refractivity contribution in [3.8, 4) is 0 Å². The van der Waals surface area contributed by atoms with E-state index in [1.54, 1.807) is 18.2 Å². The number of amides is 1.